The van der Waals surface area contributed by atoms with Crippen LogP contribution in [0.2, 0.25) is 0 Å². The molecule has 32 heavy (non-hydrogen) atoms. The number of halogens is 1. The summed E-state index contributed by atoms with van der Waals surface area (Å²) >= 11 is 0. The number of ether oxygens (including phenoxy) is 3. The Morgan fingerprint density at radius 2 is 1.88 bits per heavy atom. The molecule has 2 N–H and O–H groups in total. The standard InChI is InChI=1S/C22H30N4O5.HI/c1-14-20(21(27)30-5)11-19(31-14)12-24-22(23-2)25-15-6-7-26(13-15)16-8-17(28-3)10-18(9-16)29-4;/h8-11,15H,6-7,12-13H2,1-5H3,(H2,23,24,25);1H. The second-order valence-corrected chi connectivity index (χ2v) is 7.25. The van der Waals surface area contributed by atoms with Gasteiger partial charge in [0.15, 0.2) is 5.96 Å². The van der Waals surface area contributed by atoms with Gasteiger partial charge in [0.2, 0.25) is 0 Å². The summed E-state index contributed by atoms with van der Waals surface area (Å²) in [7, 11) is 6.38. The number of carbonyl (C=O) groups excluding carboxylic acids is 1. The second kappa shape index (κ2) is 11.8. The van der Waals surface area contributed by atoms with E-state index in [9.17, 15) is 4.79 Å². The van der Waals surface area contributed by atoms with Crippen LogP contribution in [0.4, 0.5) is 5.69 Å². The Morgan fingerprint density at radius 3 is 2.47 bits per heavy atom. The van der Waals surface area contributed by atoms with E-state index in [0.29, 0.717) is 29.6 Å². The summed E-state index contributed by atoms with van der Waals surface area (Å²) in [5.74, 6) is 2.97. The average molecular weight is 558 g/mol. The van der Waals surface area contributed by atoms with Gasteiger partial charge in [-0.1, -0.05) is 0 Å². The van der Waals surface area contributed by atoms with Gasteiger partial charge in [0.1, 0.15) is 28.6 Å². The van der Waals surface area contributed by atoms with Crippen molar-refractivity contribution in [3.8, 4) is 11.5 Å². The highest BCUT2D eigenvalue weighted by molar-refractivity contribution is 14.0. The Hall–Kier alpha value is -2.63. The van der Waals surface area contributed by atoms with Crippen molar-refractivity contribution in [2.75, 3.05) is 46.4 Å². The fraction of sp³-hybridized carbons (Fsp3) is 0.455. The predicted molar refractivity (Wildman–Crippen MR) is 134 cm³/mol. The van der Waals surface area contributed by atoms with Crippen molar-refractivity contribution in [2.45, 2.75) is 25.9 Å². The molecule has 1 aliphatic heterocycles. The van der Waals surface area contributed by atoms with E-state index in [0.717, 1.165) is 36.7 Å². The van der Waals surface area contributed by atoms with Gasteiger partial charge in [0, 0.05) is 50.1 Å². The number of benzene rings is 1. The van der Waals surface area contributed by atoms with Gasteiger partial charge in [0.05, 0.1) is 27.9 Å². The van der Waals surface area contributed by atoms with E-state index >= 15 is 0 Å². The van der Waals surface area contributed by atoms with Crippen LogP contribution >= 0.6 is 24.0 Å². The molecule has 0 aliphatic carbocycles. The number of nitrogens with zero attached hydrogens (tertiary/aromatic N) is 2. The number of carbonyl (C=O) groups is 1. The van der Waals surface area contributed by atoms with E-state index in [1.807, 2.05) is 18.2 Å². The fourth-order valence-electron chi connectivity index (χ4n) is 3.59. The number of methoxy groups -OCH3 is 3. The molecular formula is C22H31IN4O5. The number of guanidine groups is 1. The minimum absolute atomic E-state index is 0. The lowest BCUT2D eigenvalue weighted by Crippen LogP contribution is -2.44. The number of aryl methyl sites for hydroxylation is 1. The van der Waals surface area contributed by atoms with Gasteiger partial charge in [-0.05, 0) is 19.4 Å². The molecule has 0 radical (unpaired) electrons. The minimum atomic E-state index is -0.407. The van der Waals surface area contributed by atoms with Gasteiger partial charge >= 0.3 is 5.97 Å². The first-order valence-electron chi connectivity index (χ1n) is 10.1. The fourth-order valence-corrected chi connectivity index (χ4v) is 3.59. The maximum Gasteiger partial charge on any atom is 0.341 e. The van der Waals surface area contributed by atoms with Crippen LogP contribution < -0.4 is 25.0 Å². The Labute approximate surface area is 205 Å². The molecule has 2 aromatic rings. The first-order valence-corrected chi connectivity index (χ1v) is 10.1. The van der Waals surface area contributed by atoms with Crippen molar-refractivity contribution < 1.29 is 23.4 Å². The number of hydrogen-bond acceptors (Lipinski definition) is 7. The Balaban J connectivity index is 0.00000363. The van der Waals surface area contributed by atoms with Crippen molar-refractivity contribution in [3.63, 3.8) is 0 Å². The monoisotopic (exact) mass is 558 g/mol. The van der Waals surface area contributed by atoms with Crippen LogP contribution in [0.1, 0.15) is 28.3 Å². The molecule has 1 saturated heterocycles. The Kier molecular flexibility index (Phi) is 9.48. The quantitative estimate of drug-likeness (QED) is 0.232. The van der Waals surface area contributed by atoms with Gasteiger partial charge in [0.25, 0.3) is 0 Å². The molecule has 1 aromatic carbocycles. The minimum Gasteiger partial charge on any atom is -0.497 e. The zero-order valence-corrected chi connectivity index (χ0v) is 21.4. The van der Waals surface area contributed by atoms with Gasteiger partial charge in [-0.2, -0.15) is 0 Å². The molecule has 1 atom stereocenters. The summed E-state index contributed by atoms with van der Waals surface area (Å²) in [5, 5.41) is 6.69. The molecule has 9 nitrogen and oxygen atoms in total. The molecule has 176 valence electrons. The van der Waals surface area contributed by atoms with Crippen molar-refractivity contribution >= 4 is 41.6 Å². The van der Waals surface area contributed by atoms with Gasteiger partial charge in [-0.3, -0.25) is 4.99 Å². The molecular weight excluding hydrogens is 527 g/mol. The Bertz CT molecular complexity index is 924. The molecule has 0 spiro atoms. The van der Waals surface area contributed by atoms with E-state index in [1.165, 1.54) is 7.11 Å². The lowest BCUT2D eigenvalue weighted by Gasteiger charge is -2.21. The number of esters is 1. The van der Waals surface area contributed by atoms with Crippen LogP contribution in [0.15, 0.2) is 33.7 Å². The lowest BCUT2D eigenvalue weighted by atomic mass is 10.2. The third kappa shape index (κ3) is 6.21. The highest BCUT2D eigenvalue weighted by atomic mass is 127. The average Bonchev–Trinajstić information content (AvgIpc) is 3.41. The number of nitrogens with one attached hydrogen (secondary N) is 2. The van der Waals surface area contributed by atoms with Crippen LogP contribution in [0.25, 0.3) is 0 Å². The third-order valence-electron chi connectivity index (χ3n) is 5.26. The van der Waals surface area contributed by atoms with Gasteiger partial charge < -0.3 is 34.2 Å². The van der Waals surface area contributed by atoms with E-state index < -0.39 is 5.97 Å². The van der Waals surface area contributed by atoms with Crippen LogP contribution in [-0.4, -0.2) is 59.4 Å². The molecule has 1 fully saturated rings. The number of anilines is 1. The van der Waals surface area contributed by atoms with Crippen LogP contribution in [0.5, 0.6) is 11.5 Å². The van der Waals surface area contributed by atoms with Crippen LogP contribution in [0.3, 0.4) is 0 Å². The van der Waals surface area contributed by atoms with E-state index in [-0.39, 0.29) is 30.0 Å². The van der Waals surface area contributed by atoms with Gasteiger partial charge in [-0.25, -0.2) is 4.79 Å². The van der Waals surface area contributed by atoms with Crippen molar-refractivity contribution in [2.24, 2.45) is 4.99 Å². The summed E-state index contributed by atoms with van der Waals surface area (Å²) in [6.07, 6.45) is 0.965. The first kappa shape index (κ1) is 25.6. The maximum atomic E-state index is 11.7. The van der Waals surface area contributed by atoms with Crippen molar-refractivity contribution in [1.29, 1.82) is 0 Å². The number of furan rings is 1. The normalized spacial score (nSPS) is 15.7. The summed E-state index contributed by atoms with van der Waals surface area (Å²) in [4.78, 5) is 18.3. The number of aliphatic imine (C=N–C) groups is 1. The molecule has 1 unspecified atom stereocenters. The summed E-state index contributed by atoms with van der Waals surface area (Å²) < 4.78 is 21.2. The topological polar surface area (TPSA) is 97.6 Å². The predicted octanol–water partition coefficient (Wildman–Crippen LogP) is 2.95. The first-order chi connectivity index (χ1) is 15.0. The van der Waals surface area contributed by atoms with Crippen LogP contribution in [-0.2, 0) is 11.3 Å². The number of hydrogen-bond donors (Lipinski definition) is 2. The molecule has 3 rings (SSSR count). The van der Waals surface area contributed by atoms with E-state index in [2.05, 4.69) is 20.5 Å². The SMILES string of the molecule is CN=C(NCc1cc(C(=O)OC)c(C)o1)NC1CCN(c2cc(OC)cc(OC)c2)C1.I. The smallest absolute Gasteiger partial charge is 0.341 e. The lowest BCUT2D eigenvalue weighted by molar-refractivity contribution is 0.0599. The summed E-state index contributed by atoms with van der Waals surface area (Å²) in [5.41, 5.74) is 1.49. The van der Waals surface area contributed by atoms with E-state index in [4.69, 9.17) is 18.6 Å². The maximum absolute atomic E-state index is 11.7. The molecule has 1 aliphatic rings. The highest BCUT2D eigenvalue weighted by Crippen LogP contribution is 2.30. The summed E-state index contributed by atoms with van der Waals surface area (Å²) in [6.45, 7) is 3.87. The molecule has 0 bridgehead atoms. The van der Waals surface area contributed by atoms with Crippen LogP contribution in [0, 0.1) is 6.92 Å². The van der Waals surface area contributed by atoms with Crippen molar-refractivity contribution in [1.82, 2.24) is 10.6 Å². The molecule has 0 saturated carbocycles. The molecule has 10 heteroatoms. The largest absolute Gasteiger partial charge is 0.497 e. The molecule has 1 aromatic heterocycles. The van der Waals surface area contributed by atoms with Gasteiger partial charge in [-0.15, -0.1) is 24.0 Å². The molecule has 0 amide bonds. The summed E-state index contributed by atoms with van der Waals surface area (Å²) in [6, 6.07) is 7.80. The zero-order valence-electron chi connectivity index (χ0n) is 19.1. The Morgan fingerprint density at radius 1 is 1.19 bits per heavy atom. The second-order valence-electron chi connectivity index (χ2n) is 7.25. The highest BCUT2D eigenvalue weighted by Gasteiger charge is 2.24. The third-order valence-corrected chi connectivity index (χ3v) is 5.26. The van der Waals surface area contributed by atoms with E-state index in [1.54, 1.807) is 34.3 Å². The molecule has 2 heterocycles. The number of rotatable bonds is 7. The zero-order chi connectivity index (χ0) is 22.4. The van der Waals surface area contributed by atoms with Crippen molar-refractivity contribution in [3.05, 3.63) is 41.3 Å².